The lowest BCUT2D eigenvalue weighted by molar-refractivity contribution is -0.135. The lowest BCUT2D eigenvalue weighted by Gasteiger charge is -2.27. The van der Waals surface area contributed by atoms with Crippen molar-refractivity contribution in [3.05, 3.63) is 35.9 Å². The third kappa shape index (κ3) is 21.9. The molecule has 0 aliphatic carbocycles. The highest BCUT2D eigenvalue weighted by atomic mass is 32.2. The zero-order valence-corrected chi connectivity index (χ0v) is 34.0. The van der Waals surface area contributed by atoms with Crippen LogP contribution in [0.1, 0.15) is 64.9 Å². The molecular formula is C36H61N13O7S. The fourth-order valence-electron chi connectivity index (χ4n) is 5.43. The maximum Gasteiger partial charge on any atom is 0.243 e. The van der Waals surface area contributed by atoms with Crippen LogP contribution in [0.3, 0.4) is 0 Å². The van der Waals surface area contributed by atoms with Gasteiger partial charge in [-0.15, -0.1) is 0 Å². The van der Waals surface area contributed by atoms with Crippen molar-refractivity contribution in [3.63, 3.8) is 0 Å². The SMILES string of the molecule is CSCC[C@H](NC(=O)CNC(=O)[C@H](Cc1ccccc1)NC(C)=O)C(=O)N[C@@H](CC(C)C)C(=O)N[C@@H](CCCN=C(N)N)C(=O)N[C@@H](CCCN=C(N)N)C(N)=O. The van der Waals surface area contributed by atoms with Gasteiger partial charge in [0, 0.05) is 26.4 Å². The highest BCUT2D eigenvalue weighted by Gasteiger charge is 2.31. The first-order valence-electron chi connectivity index (χ1n) is 18.6. The fraction of sp³-hybridized carbons (Fsp3) is 0.583. The molecule has 0 fully saturated rings. The van der Waals surface area contributed by atoms with Gasteiger partial charge in [0.15, 0.2) is 11.9 Å². The number of primary amides is 1. The molecule has 1 rings (SSSR count). The van der Waals surface area contributed by atoms with Crippen molar-refractivity contribution >= 4 is 65.0 Å². The van der Waals surface area contributed by atoms with Crippen LogP contribution >= 0.6 is 11.8 Å². The van der Waals surface area contributed by atoms with E-state index in [0.29, 0.717) is 12.2 Å². The number of hydrogen-bond donors (Lipinski definition) is 11. The van der Waals surface area contributed by atoms with E-state index in [0.717, 1.165) is 5.56 Å². The van der Waals surface area contributed by atoms with Gasteiger partial charge in [-0.2, -0.15) is 11.8 Å². The third-order valence-electron chi connectivity index (χ3n) is 8.19. The van der Waals surface area contributed by atoms with Gasteiger partial charge in [0.2, 0.25) is 41.4 Å². The summed E-state index contributed by atoms with van der Waals surface area (Å²) in [6, 6.07) is 3.59. The molecule has 1 aromatic carbocycles. The number of nitrogens with two attached hydrogens (primary N) is 5. The van der Waals surface area contributed by atoms with E-state index in [1.807, 2.05) is 26.2 Å². The predicted octanol–water partition coefficient (Wildman–Crippen LogP) is -2.82. The third-order valence-corrected chi connectivity index (χ3v) is 8.83. The van der Waals surface area contributed by atoms with Gasteiger partial charge in [-0.1, -0.05) is 44.2 Å². The van der Waals surface area contributed by atoms with E-state index in [-0.39, 0.29) is 69.5 Å². The monoisotopic (exact) mass is 819 g/mol. The molecule has 20 nitrogen and oxygen atoms in total. The topological polar surface area (TPSA) is 346 Å². The fourth-order valence-corrected chi connectivity index (χ4v) is 5.90. The minimum absolute atomic E-state index is 0.0580. The summed E-state index contributed by atoms with van der Waals surface area (Å²) in [6.45, 7) is 4.81. The standard InChI is InChI=1S/C36H61N13O7S/c1-21(2)18-27(34(56)48-25(13-9-16-43-36(40)41)32(54)47-24(30(37)52)12-8-15-42-35(38)39)49-33(55)26(14-17-57-4)46-29(51)20-44-31(53)28(45-22(3)50)19-23-10-6-5-7-11-23/h5-7,10-11,21,24-28H,8-9,12-20H2,1-4H3,(H2,37,52)(H,44,53)(H,45,50)(H,46,51)(H,47,54)(H,48,56)(H,49,55)(H4,38,39,42)(H4,40,41,43)/t24-,25-,26-,27-,28-/m0/s1. The largest absolute Gasteiger partial charge is 0.370 e. The van der Waals surface area contributed by atoms with E-state index in [2.05, 4.69) is 41.9 Å². The summed E-state index contributed by atoms with van der Waals surface area (Å²) in [5.41, 5.74) is 27.9. The number of amides is 7. The molecule has 0 radical (unpaired) electrons. The first-order chi connectivity index (χ1) is 26.9. The lowest BCUT2D eigenvalue weighted by Crippen LogP contribution is -2.58. The van der Waals surface area contributed by atoms with Gasteiger partial charge < -0.3 is 60.6 Å². The van der Waals surface area contributed by atoms with Gasteiger partial charge in [0.25, 0.3) is 0 Å². The molecule has 5 atom stereocenters. The quantitative estimate of drug-likeness (QED) is 0.0243. The Bertz CT molecular complexity index is 1540. The van der Waals surface area contributed by atoms with E-state index in [9.17, 15) is 33.6 Å². The van der Waals surface area contributed by atoms with Crippen LogP contribution in [0, 0.1) is 5.92 Å². The number of carbonyl (C=O) groups is 7. The number of rotatable bonds is 27. The number of benzene rings is 1. The summed E-state index contributed by atoms with van der Waals surface area (Å²) >= 11 is 1.44. The Balaban J connectivity index is 3.13. The Morgan fingerprint density at radius 3 is 1.67 bits per heavy atom. The smallest absolute Gasteiger partial charge is 0.243 e. The van der Waals surface area contributed by atoms with E-state index in [1.54, 1.807) is 24.3 Å². The second-order valence-corrected chi connectivity index (χ2v) is 14.7. The van der Waals surface area contributed by atoms with Crippen molar-refractivity contribution in [2.45, 2.75) is 95.9 Å². The Kier molecular flexibility index (Phi) is 23.5. The lowest BCUT2D eigenvalue weighted by atomic mass is 10.0. The number of thioether (sulfide) groups is 1. The van der Waals surface area contributed by atoms with E-state index in [1.165, 1.54) is 18.7 Å². The van der Waals surface area contributed by atoms with Crippen LogP contribution in [-0.2, 0) is 40.0 Å². The van der Waals surface area contributed by atoms with Crippen molar-refractivity contribution in [1.82, 2.24) is 31.9 Å². The molecule has 0 heterocycles. The van der Waals surface area contributed by atoms with E-state index < -0.39 is 78.1 Å². The van der Waals surface area contributed by atoms with Crippen LogP contribution in [0.5, 0.6) is 0 Å². The summed E-state index contributed by atoms with van der Waals surface area (Å²) in [7, 11) is 0. The van der Waals surface area contributed by atoms with Crippen LogP contribution in [0.4, 0.5) is 0 Å². The number of nitrogens with zero attached hydrogens (tertiary/aromatic N) is 2. The summed E-state index contributed by atoms with van der Waals surface area (Å²) in [6.07, 6.45) is 3.14. The maximum atomic E-state index is 13.8. The van der Waals surface area contributed by atoms with Crippen molar-refractivity contribution in [3.8, 4) is 0 Å². The maximum absolute atomic E-state index is 13.8. The molecule has 318 valence electrons. The molecule has 7 amide bonds. The molecule has 0 aliphatic rings. The first-order valence-corrected chi connectivity index (χ1v) is 20.0. The van der Waals surface area contributed by atoms with Gasteiger partial charge in [-0.25, -0.2) is 0 Å². The van der Waals surface area contributed by atoms with Crippen molar-refractivity contribution < 1.29 is 33.6 Å². The van der Waals surface area contributed by atoms with Crippen molar-refractivity contribution in [2.24, 2.45) is 44.6 Å². The number of aliphatic imine (C=N–C) groups is 2. The molecule has 16 N–H and O–H groups in total. The van der Waals surface area contributed by atoms with Gasteiger partial charge >= 0.3 is 0 Å². The molecule has 0 aliphatic heterocycles. The summed E-state index contributed by atoms with van der Waals surface area (Å²) < 4.78 is 0. The molecule has 0 spiro atoms. The molecule has 0 unspecified atom stereocenters. The molecule has 0 saturated carbocycles. The Morgan fingerprint density at radius 1 is 0.649 bits per heavy atom. The van der Waals surface area contributed by atoms with Crippen LogP contribution in [0.2, 0.25) is 0 Å². The highest BCUT2D eigenvalue weighted by Crippen LogP contribution is 2.10. The zero-order chi connectivity index (χ0) is 42.9. The zero-order valence-electron chi connectivity index (χ0n) is 33.2. The molecular weight excluding hydrogens is 759 g/mol. The summed E-state index contributed by atoms with van der Waals surface area (Å²) in [5.74, 6) is -4.45. The minimum Gasteiger partial charge on any atom is -0.370 e. The van der Waals surface area contributed by atoms with E-state index in [4.69, 9.17) is 28.7 Å². The number of hydrogen-bond acceptors (Lipinski definition) is 10. The van der Waals surface area contributed by atoms with Gasteiger partial charge in [-0.3, -0.25) is 43.5 Å². The van der Waals surface area contributed by atoms with Gasteiger partial charge in [0.05, 0.1) is 6.54 Å². The van der Waals surface area contributed by atoms with Gasteiger partial charge in [-0.05, 0) is 62.0 Å². The molecule has 0 aromatic heterocycles. The normalized spacial score (nSPS) is 13.4. The Hall–Kier alpha value is -5.60. The summed E-state index contributed by atoms with van der Waals surface area (Å²) in [5, 5.41) is 15.7. The minimum atomic E-state index is -1.18. The predicted molar refractivity (Wildman–Crippen MR) is 220 cm³/mol. The second-order valence-electron chi connectivity index (χ2n) is 13.7. The first kappa shape index (κ1) is 49.4. The van der Waals surface area contributed by atoms with Crippen LogP contribution in [0.25, 0.3) is 0 Å². The van der Waals surface area contributed by atoms with Crippen molar-refractivity contribution in [1.29, 1.82) is 0 Å². The number of nitrogens with one attached hydrogen (secondary N) is 6. The Labute approximate surface area is 337 Å². The molecule has 21 heteroatoms. The second kappa shape index (κ2) is 27.1. The molecule has 57 heavy (non-hydrogen) atoms. The Morgan fingerprint density at radius 2 is 1.16 bits per heavy atom. The summed E-state index contributed by atoms with van der Waals surface area (Å²) in [4.78, 5) is 98.8. The van der Waals surface area contributed by atoms with Crippen LogP contribution in [0.15, 0.2) is 40.3 Å². The number of carbonyl (C=O) groups excluding carboxylic acids is 7. The van der Waals surface area contributed by atoms with Crippen LogP contribution < -0.4 is 60.6 Å². The number of guanidine groups is 2. The average Bonchev–Trinajstić information content (AvgIpc) is 3.13. The molecule has 0 saturated heterocycles. The van der Waals surface area contributed by atoms with Crippen LogP contribution in [-0.4, -0.2) is 115 Å². The van der Waals surface area contributed by atoms with Crippen molar-refractivity contribution in [2.75, 3.05) is 31.6 Å². The molecule has 1 aromatic rings. The molecule has 0 bridgehead atoms. The highest BCUT2D eigenvalue weighted by molar-refractivity contribution is 7.98. The average molecular weight is 820 g/mol. The van der Waals surface area contributed by atoms with E-state index >= 15 is 0 Å². The van der Waals surface area contributed by atoms with Gasteiger partial charge in [0.1, 0.15) is 30.2 Å².